The van der Waals surface area contributed by atoms with Gasteiger partial charge in [-0.1, -0.05) is 36.4 Å². The molecule has 0 aliphatic heterocycles. The van der Waals surface area contributed by atoms with E-state index in [9.17, 15) is 4.79 Å². The Kier molecular flexibility index (Phi) is 5.47. The standard InChI is InChI=1S/C27H20N4O2/c1-18-11-16-26(33-18)25-17-23(22-9-5-6-10-24(22)29-25)27(32)28-19-12-14-21(15-13-19)31-30-20-7-3-2-4-8-20/h2-17H,1H3,(H,28,32). The average molecular weight is 432 g/mol. The smallest absolute Gasteiger partial charge is 0.256 e. The molecular formula is C27H20N4O2. The molecule has 0 saturated carbocycles. The number of pyridine rings is 1. The lowest BCUT2D eigenvalue weighted by Crippen LogP contribution is -2.13. The number of para-hydroxylation sites is 1. The summed E-state index contributed by atoms with van der Waals surface area (Å²) in [6.07, 6.45) is 0. The van der Waals surface area contributed by atoms with Crippen LogP contribution >= 0.6 is 0 Å². The second-order valence-electron chi connectivity index (χ2n) is 7.52. The van der Waals surface area contributed by atoms with Crippen LogP contribution in [0, 0.1) is 6.92 Å². The van der Waals surface area contributed by atoms with Crippen LogP contribution < -0.4 is 5.32 Å². The van der Waals surface area contributed by atoms with E-state index < -0.39 is 0 Å². The normalized spacial score (nSPS) is 11.2. The molecule has 33 heavy (non-hydrogen) atoms. The molecule has 0 aliphatic rings. The summed E-state index contributed by atoms with van der Waals surface area (Å²) < 4.78 is 5.73. The van der Waals surface area contributed by atoms with Gasteiger partial charge < -0.3 is 9.73 Å². The highest BCUT2D eigenvalue weighted by Crippen LogP contribution is 2.27. The number of hydrogen-bond acceptors (Lipinski definition) is 5. The minimum atomic E-state index is -0.225. The van der Waals surface area contributed by atoms with Gasteiger partial charge in [0.05, 0.1) is 22.5 Å². The van der Waals surface area contributed by atoms with Crippen LogP contribution in [-0.4, -0.2) is 10.9 Å². The van der Waals surface area contributed by atoms with Crippen molar-refractivity contribution in [2.45, 2.75) is 6.92 Å². The Morgan fingerprint density at radius 3 is 2.24 bits per heavy atom. The van der Waals surface area contributed by atoms with Crippen LogP contribution in [0.3, 0.4) is 0 Å². The van der Waals surface area contributed by atoms with Gasteiger partial charge in [0, 0.05) is 11.1 Å². The molecule has 0 aliphatic carbocycles. The van der Waals surface area contributed by atoms with Crippen LogP contribution in [-0.2, 0) is 0 Å². The van der Waals surface area contributed by atoms with Gasteiger partial charge in [0.2, 0.25) is 0 Å². The van der Waals surface area contributed by atoms with Crippen LogP contribution in [0.5, 0.6) is 0 Å². The Morgan fingerprint density at radius 1 is 0.818 bits per heavy atom. The van der Waals surface area contributed by atoms with E-state index in [1.165, 1.54) is 0 Å². The summed E-state index contributed by atoms with van der Waals surface area (Å²) >= 11 is 0. The first kappa shape index (κ1) is 20.3. The third-order valence-electron chi connectivity index (χ3n) is 5.12. The lowest BCUT2D eigenvalue weighted by molar-refractivity contribution is 0.102. The molecule has 2 aromatic heterocycles. The number of carbonyl (C=O) groups excluding carboxylic acids is 1. The summed E-state index contributed by atoms with van der Waals surface area (Å²) in [6, 6.07) is 29.8. The first-order chi connectivity index (χ1) is 16.2. The van der Waals surface area contributed by atoms with Crippen molar-refractivity contribution in [1.82, 2.24) is 4.98 Å². The second-order valence-corrected chi connectivity index (χ2v) is 7.52. The van der Waals surface area contributed by atoms with Gasteiger partial charge in [-0.05, 0) is 67.6 Å². The van der Waals surface area contributed by atoms with Crippen molar-refractivity contribution in [3.05, 3.63) is 108 Å². The molecule has 160 valence electrons. The Labute approximate surface area is 190 Å². The van der Waals surface area contributed by atoms with Gasteiger partial charge in [0.1, 0.15) is 11.5 Å². The van der Waals surface area contributed by atoms with Gasteiger partial charge in [0.15, 0.2) is 5.76 Å². The molecule has 0 bridgehead atoms. The molecule has 1 amide bonds. The highest BCUT2D eigenvalue weighted by Gasteiger charge is 2.15. The quantitative estimate of drug-likeness (QED) is 0.293. The van der Waals surface area contributed by atoms with Crippen molar-refractivity contribution in [3.63, 3.8) is 0 Å². The molecule has 0 unspecified atom stereocenters. The Morgan fingerprint density at radius 2 is 1.52 bits per heavy atom. The lowest BCUT2D eigenvalue weighted by atomic mass is 10.1. The molecule has 6 heteroatoms. The summed E-state index contributed by atoms with van der Waals surface area (Å²) in [4.78, 5) is 17.9. The van der Waals surface area contributed by atoms with Gasteiger partial charge >= 0.3 is 0 Å². The summed E-state index contributed by atoms with van der Waals surface area (Å²) in [5, 5.41) is 12.2. The van der Waals surface area contributed by atoms with E-state index in [2.05, 4.69) is 20.5 Å². The Bertz CT molecular complexity index is 1460. The second kappa shape index (κ2) is 8.88. The Balaban J connectivity index is 1.40. The molecule has 3 aromatic carbocycles. The zero-order chi connectivity index (χ0) is 22.6. The highest BCUT2D eigenvalue weighted by atomic mass is 16.3. The van der Waals surface area contributed by atoms with Crippen LogP contribution in [0.15, 0.2) is 112 Å². The number of aromatic nitrogens is 1. The monoisotopic (exact) mass is 432 g/mol. The number of fused-ring (bicyclic) bond motifs is 1. The number of aryl methyl sites for hydroxylation is 1. The van der Waals surface area contributed by atoms with E-state index in [-0.39, 0.29) is 5.91 Å². The molecular weight excluding hydrogens is 412 g/mol. The number of amides is 1. The maximum Gasteiger partial charge on any atom is 0.256 e. The van der Waals surface area contributed by atoms with Crippen LogP contribution in [0.1, 0.15) is 16.1 Å². The summed E-state index contributed by atoms with van der Waals surface area (Å²) in [5.41, 5.74) is 4.01. The molecule has 5 aromatic rings. The molecule has 6 nitrogen and oxygen atoms in total. The number of nitrogens with one attached hydrogen (secondary N) is 1. The van der Waals surface area contributed by atoms with Crippen molar-refractivity contribution in [1.29, 1.82) is 0 Å². The van der Waals surface area contributed by atoms with Gasteiger partial charge in [-0.2, -0.15) is 10.2 Å². The molecule has 2 heterocycles. The number of nitrogens with zero attached hydrogens (tertiary/aromatic N) is 3. The maximum absolute atomic E-state index is 13.2. The van der Waals surface area contributed by atoms with E-state index in [0.717, 1.165) is 22.4 Å². The van der Waals surface area contributed by atoms with E-state index >= 15 is 0 Å². The topological polar surface area (TPSA) is 79.9 Å². The number of carbonyl (C=O) groups is 1. The molecule has 0 atom stereocenters. The fourth-order valence-corrected chi connectivity index (χ4v) is 3.48. The zero-order valence-electron chi connectivity index (χ0n) is 17.9. The van der Waals surface area contributed by atoms with Crippen molar-refractivity contribution in [3.8, 4) is 11.5 Å². The number of azo groups is 1. The predicted molar refractivity (Wildman–Crippen MR) is 129 cm³/mol. The van der Waals surface area contributed by atoms with E-state index in [4.69, 9.17) is 4.42 Å². The number of anilines is 1. The maximum atomic E-state index is 13.2. The number of hydrogen-bond donors (Lipinski definition) is 1. The zero-order valence-corrected chi connectivity index (χ0v) is 17.9. The number of rotatable bonds is 5. The Hall–Kier alpha value is -4.58. The number of benzene rings is 3. The molecule has 0 fully saturated rings. The lowest BCUT2D eigenvalue weighted by Gasteiger charge is -2.10. The van der Waals surface area contributed by atoms with E-state index in [1.54, 1.807) is 18.2 Å². The SMILES string of the molecule is Cc1ccc(-c2cc(C(=O)Nc3ccc(N=Nc4ccccc4)cc3)c3ccccc3n2)o1. The molecule has 0 saturated heterocycles. The fraction of sp³-hybridized carbons (Fsp3) is 0.0370. The van der Waals surface area contributed by atoms with Crippen molar-refractivity contribution in [2.24, 2.45) is 10.2 Å². The van der Waals surface area contributed by atoms with E-state index in [0.29, 0.717) is 28.4 Å². The minimum absolute atomic E-state index is 0.225. The largest absolute Gasteiger partial charge is 0.460 e. The van der Waals surface area contributed by atoms with Crippen molar-refractivity contribution < 1.29 is 9.21 Å². The van der Waals surface area contributed by atoms with Gasteiger partial charge in [-0.25, -0.2) is 4.98 Å². The molecule has 0 radical (unpaired) electrons. The summed E-state index contributed by atoms with van der Waals surface area (Å²) in [7, 11) is 0. The van der Waals surface area contributed by atoms with Crippen molar-refractivity contribution in [2.75, 3.05) is 5.32 Å². The summed E-state index contributed by atoms with van der Waals surface area (Å²) in [6.45, 7) is 1.88. The van der Waals surface area contributed by atoms with Crippen LogP contribution in [0.4, 0.5) is 17.1 Å². The predicted octanol–water partition coefficient (Wildman–Crippen LogP) is 7.47. The summed E-state index contributed by atoms with van der Waals surface area (Å²) in [5.74, 6) is 1.19. The molecule has 1 N–H and O–H groups in total. The van der Waals surface area contributed by atoms with Gasteiger partial charge in [-0.15, -0.1) is 0 Å². The van der Waals surface area contributed by atoms with Gasteiger partial charge in [-0.3, -0.25) is 4.79 Å². The van der Waals surface area contributed by atoms with Gasteiger partial charge in [0.25, 0.3) is 5.91 Å². The first-order valence-corrected chi connectivity index (χ1v) is 10.5. The third kappa shape index (κ3) is 4.55. The van der Waals surface area contributed by atoms with Crippen molar-refractivity contribution >= 4 is 33.9 Å². The van der Waals surface area contributed by atoms with E-state index in [1.807, 2.05) is 85.8 Å². The number of furan rings is 1. The fourth-order valence-electron chi connectivity index (χ4n) is 3.48. The van der Waals surface area contributed by atoms with Crippen LogP contribution in [0.2, 0.25) is 0 Å². The highest BCUT2D eigenvalue weighted by molar-refractivity contribution is 6.13. The van der Waals surface area contributed by atoms with Crippen LogP contribution in [0.25, 0.3) is 22.4 Å². The molecule has 0 spiro atoms. The third-order valence-corrected chi connectivity index (χ3v) is 5.12. The average Bonchev–Trinajstić information content (AvgIpc) is 3.30. The molecule has 5 rings (SSSR count). The first-order valence-electron chi connectivity index (χ1n) is 10.5. The minimum Gasteiger partial charge on any atom is -0.460 e.